The smallest absolute Gasteiger partial charge is 0.257 e. The van der Waals surface area contributed by atoms with Gasteiger partial charge in [-0.15, -0.1) is 0 Å². The van der Waals surface area contributed by atoms with Crippen molar-refractivity contribution >= 4 is 56.9 Å². The number of rotatable bonds is 4. The largest absolute Gasteiger partial charge is 0.497 e. The van der Waals surface area contributed by atoms with Gasteiger partial charge in [0.15, 0.2) is 5.58 Å². The monoisotopic (exact) mass is 504 g/mol. The predicted octanol–water partition coefficient (Wildman–Crippen LogP) is 6.01. The number of anilines is 1. The number of amides is 1. The topological polar surface area (TPSA) is 64.4 Å². The molecule has 140 valence electrons. The summed E-state index contributed by atoms with van der Waals surface area (Å²) >= 11 is 8.29. The Morgan fingerprint density at radius 1 is 1.14 bits per heavy atom. The molecule has 3 aromatic carbocycles. The minimum Gasteiger partial charge on any atom is -0.497 e. The van der Waals surface area contributed by atoms with Crippen LogP contribution in [-0.2, 0) is 0 Å². The Bertz CT molecular complexity index is 1190. The fraction of sp³-hybridized carbons (Fsp3) is 0.0476. The summed E-state index contributed by atoms with van der Waals surface area (Å²) in [5, 5.41) is 3.26. The summed E-state index contributed by atoms with van der Waals surface area (Å²) < 4.78 is 12.0. The number of hydrogen-bond acceptors (Lipinski definition) is 4. The van der Waals surface area contributed by atoms with Crippen LogP contribution in [0.3, 0.4) is 0 Å². The van der Waals surface area contributed by atoms with Crippen molar-refractivity contribution in [2.75, 3.05) is 12.4 Å². The number of oxazole rings is 1. The second-order valence-electron chi connectivity index (χ2n) is 6.01. The average Bonchev–Trinajstić information content (AvgIpc) is 3.13. The Balaban J connectivity index is 1.63. The van der Waals surface area contributed by atoms with E-state index in [9.17, 15) is 4.79 Å². The molecular weight excluding hydrogens is 491 g/mol. The third-order valence-corrected chi connectivity index (χ3v) is 5.14. The first kappa shape index (κ1) is 18.8. The van der Waals surface area contributed by atoms with Gasteiger partial charge < -0.3 is 14.5 Å². The van der Waals surface area contributed by atoms with Crippen molar-refractivity contribution in [3.05, 3.63) is 74.8 Å². The molecular formula is C21H14ClIN2O3. The third kappa shape index (κ3) is 3.83. The Labute approximate surface area is 179 Å². The standard InChI is InChI=1S/C21H14ClIN2O3/c1-27-15-4-2-3-12(9-15)21-25-18-11-14(6-8-19(18)28-21)24-20(26)16-10-13(23)5-7-17(16)22/h2-11H,1H3,(H,24,26). The molecule has 0 aliphatic carbocycles. The van der Waals surface area contributed by atoms with E-state index in [1.165, 1.54) is 0 Å². The lowest BCUT2D eigenvalue weighted by atomic mass is 10.2. The van der Waals surface area contributed by atoms with Crippen molar-refractivity contribution in [1.82, 2.24) is 4.98 Å². The second kappa shape index (κ2) is 7.81. The normalized spacial score (nSPS) is 10.8. The number of fused-ring (bicyclic) bond motifs is 1. The zero-order valence-corrected chi connectivity index (χ0v) is 17.6. The number of nitrogens with zero attached hydrogens (tertiary/aromatic N) is 1. The number of benzene rings is 3. The minimum atomic E-state index is -0.278. The van der Waals surface area contributed by atoms with Crippen molar-refractivity contribution in [2.24, 2.45) is 0 Å². The molecule has 0 radical (unpaired) electrons. The lowest BCUT2D eigenvalue weighted by molar-refractivity contribution is 0.102. The molecule has 0 atom stereocenters. The lowest BCUT2D eigenvalue weighted by Gasteiger charge is -2.07. The van der Waals surface area contributed by atoms with Gasteiger partial charge in [0.1, 0.15) is 11.3 Å². The highest BCUT2D eigenvalue weighted by atomic mass is 127. The molecule has 0 saturated heterocycles. The maximum atomic E-state index is 12.6. The fourth-order valence-electron chi connectivity index (χ4n) is 2.75. The van der Waals surface area contributed by atoms with Crippen LogP contribution in [0.4, 0.5) is 5.69 Å². The fourth-order valence-corrected chi connectivity index (χ4v) is 3.45. The molecule has 1 aromatic heterocycles. The van der Waals surface area contributed by atoms with E-state index in [4.69, 9.17) is 20.8 Å². The van der Waals surface area contributed by atoms with Gasteiger partial charge in [-0.3, -0.25) is 4.79 Å². The van der Waals surface area contributed by atoms with E-state index in [1.54, 1.807) is 37.4 Å². The third-order valence-electron chi connectivity index (χ3n) is 4.14. The summed E-state index contributed by atoms with van der Waals surface area (Å²) in [5.74, 6) is 0.930. The van der Waals surface area contributed by atoms with Crippen molar-refractivity contribution in [2.45, 2.75) is 0 Å². The number of nitrogens with one attached hydrogen (secondary N) is 1. The first-order valence-electron chi connectivity index (χ1n) is 8.35. The van der Waals surface area contributed by atoms with E-state index >= 15 is 0 Å². The average molecular weight is 505 g/mol. The zero-order chi connectivity index (χ0) is 19.7. The highest BCUT2D eigenvalue weighted by molar-refractivity contribution is 14.1. The summed E-state index contributed by atoms with van der Waals surface area (Å²) in [6.07, 6.45) is 0. The molecule has 0 aliphatic heterocycles. The van der Waals surface area contributed by atoms with E-state index in [-0.39, 0.29) is 5.91 Å². The van der Waals surface area contributed by atoms with Gasteiger partial charge in [0, 0.05) is 14.8 Å². The Morgan fingerprint density at radius 3 is 2.82 bits per heavy atom. The molecule has 4 aromatic rings. The van der Waals surface area contributed by atoms with Crippen molar-refractivity contribution < 1.29 is 13.9 Å². The molecule has 0 unspecified atom stereocenters. The minimum absolute atomic E-state index is 0.278. The molecule has 5 nitrogen and oxygen atoms in total. The number of carbonyl (C=O) groups is 1. The molecule has 0 spiro atoms. The van der Waals surface area contributed by atoms with Crippen molar-refractivity contribution in [3.63, 3.8) is 0 Å². The zero-order valence-electron chi connectivity index (χ0n) is 14.7. The van der Waals surface area contributed by atoms with E-state index in [0.717, 1.165) is 14.9 Å². The molecule has 1 N–H and O–H groups in total. The molecule has 0 bridgehead atoms. The van der Waals surface area contributed by atoms with Crippen molar-refractivity contribution in [1.29, 1.82) is 0 Å². The number of hydrogen-bond donors (Lipinski definition) is 1. The summed E-state index contributed by atoms with van der Waals surface area (Å²) in [6.45, 7) is 0. The first-order chi connectivity index (χ1) is 13.5. The van der Waals surface area contributed by atoms with Crippen LogP contribution < -0.4 is 10.1 Å². The molecule has 1 amide bonds. The van der Waals surface area contributed by atoms with Crippen LogP contribution in [0.25, 0.3) is 22.6 Å². The number of ether oxygens (including phenoxy) is 1. The van der Waals surface area contributed by atoms with Gasteiger partial charge in [-0.2, -0.15) is 0 Å². The van der Waals surface area contributed by atoms with Crippen LogP contribution in [0.2, 0.25) is 5.02 Å². The maximum absolute atomic E-state index is 12.6. The molecule has 7 heteroatoms. The predicted molar refractivity (Wildman–Crippen MR) is 118 cm³/mol. The van der Waals surface area contributed by atoms with Crippen LogP contribution >= 0.6 is 34.2 Å². The van der Waals surface area contributed by atoms with E-state index in [1.807, 2.05) is 30.3 Å². The van der Waals surface area contributed by atoms with Crippen molar-refractivity contribution in [3.8, 4) is 17.2 Å². The van der Waals surface area contributed by atoms with Gasteiger partial charge in [0.25, 0.3) is 5.91 Å². The van der Waals surface area contributed by atoms with Crippen LogP contribution in [0.5, 0.6) is 5.75 Å². The SMILES string of the molecule is COc1cccc(-c2nc3cc(NC(=O)c4cc(I)ccc4Cl)ccc3o2)c1. The summed E-state index contributed by atoms with van der Waals surface area (Å²) in [4.78, 5) is 17.1. The van der Waals surface area contributed by atoms with Crippen LogP contribution in [-0.4, -0.2) is 18.0 Å². The Morgan fingerprint density at radius 2 is 2.00 bits per heavy atom. The highest BCUT2D eigenvalue weighted by Crippen LogP contribution is 2.28. The van der Waals surface area contributed by atoms with Gasteiger partial charge in [-0.25, -0.2) is 4.98 Å². The molecule has 0 fully saturated rings. The summed E-state index contributed by atoms with van der Waals surface area (Å²) in [6, 6.07) is 18.1. The molecule has 28 heavy (non-hydrogen) atoms. The van der Waals surface area contributed by atoms with Gasteiger partial charge in [0.2, 0.25) is 5.89 Å². The quantitative estimate of drug-likeness (QED) is 0.346. The van der Waals surface area contributed by atoms with Gasteiger partial charge in [-0.05, 0) is 77.2 Å². The number of carbonyl (C=O) groups excluding carboxylic acids is 1. The maximum Gasteiger partial charge on any atom is 0.257 e. The van der Waals surface area contributed by atoms with E-state index < -0.39 is 0 Å². The number of aromatic nitrogens is 1. The molecule has 0 saturated carbocycles. The van der Waals surface area contributed by atoms with Gasteiger partial charge in [-0.1, -0.05) is 17.7 Å². The van der Waals surface area contributed by atoms with E-state index in [0.29, 0.717) is 33.3 Å². The molecule has 4 rings (SSSR count). The second-order valence-corrected chi connectivity index (χ2v) is 7.66. The summed E-state index contributed by atoms with van der Waals surface area (Å²) in [5.41, 5.74) is 3.11. The van der Waals surface area contributed by atoms with Gasteiger partial charge in [0.05, 0.1) is 17.7 Å². The molecule has 0 aliphatic rings. The van der Waals surface area contributed by atoms with Gasteiger partial charge >= 0.3 is 0 Å². The number of methoxy groups -OCH3 is 1. The Hall–Kier alpha value is -2.58. The number of halogens is 2. The molecule has 1 heterocycles. The van der Waals surface area contributed by atoms with Crippen LogP contribution in [0.15, 0.2) is 65.1 Å². The first-order valence-corrected chi connectivity index (χ1v) is 9.80. The Kier molecular flexibility index (Phi) is 5.23. The lowest BCUT2D eigenvalue weighted by Crippen LogP contribution is -2.12. The van der Waals surface area contributed by atoms with Crippen LogP contribution in [0.1, 0.15) is 10.4 Å². The van der Waals surface area contributed by atoms with E-state index in [2.05, 4.69) is 32.9 Å². The van der Waals surface area contributed by atoms with Crippen LogP contribution in [0, 0.1) is 3.57 Å². The summed E-state index contributed by atoms with van der Waals surface area (Å²) in [7, 11) is 1.61. The highest BCUT2D eigenvalue weighted by Gasteiger charge is 2.13.